The van der Waals surface area contributed by atoms with Gasteiger partial charge in [0.2, 0.25) is 0 Å². The average molecular weight is 280 g/mol. The maximum Gasteiger partial charge on any atom is -0.0132 e. The van der Waals surface area contributed by atoms with E-state index in [1.807, 2.05) is 0 Å². The van der Waals surface area contributed by atoms with Gasteiger partial charge in [-0.3, -0.25) is 0 Å². The van der Waals surface area contributed by atoms with Gasteiger partial charge in [0.1, 0.15) is 0 Å². The Morgan fingerprint density at radius 2 is 1.33 bits per heavy atom. The lowest BCUT2D eigenvalue weighted by Crippen LogP contribution is -2.10. The first-order chi connectivity index (χ1) is 9.88. The van der Waals surface area contributed by atoms with Crippen molar-refractivity contribution in [3.8, 4) is 0 Å². The van der Waals surface area contributed by atoms with E-state index in [-0.39, 0.29) is 5.41 Å². The lowest BCUT2D eigenvalue weighted by molar-refractivity contribution is 0.590. The highest BCUT2D eigenvalue weighted by molar-refractivity contribution is 5.34. The molecule has 0 unspecified atom stereocenters. The SMILES string of the molecule is Cc1cccc(C)c1CCCc1ccc(C(C)(C)C)cc1. The van der Waals surface area contributed by atoms with Crippen LogP contribution >= 0.6 is 0 Å². The molecule has 2 rings (SSSR count). The summed E-state index contributed by atoms with van der Waals surface area (Å²) >= 11 is 0. The predicted octanol–water partition coefficient (Wildman–Crippen LogP) is 5.78. The highest BCUT2D eigenvalue weighted by Gasteiger charge is 2.12. The molecule has 0 spiro atoms. The molecule has 0 heterocycles. The van der Waals surface area contributed by atoms with Crippen LogP contribution in [0.15, 0.2) is 42.5 Å². The molecule has 0 fully saturated rings. The van der Waals surface area contributed by atoms with E-state index < -0.39 is 0 Å². The number of rotatable bonds is 4. The Labute approximate surface area is 130 Å². The Kier molecular flexibility index (Phi) is 4.88. The van der Waals surface area contributed by atoms with Crippen molar-refractivity contribution < 1.29 is 0 Å². The summed E-state index contributed by atoms with van der Waals surface area (Å²) in [5, 5.41) is 0. The summed E-state index contributed by atoms with van der Waals surface area (Å²) in [6.07, 6.45) is 3.57. The molecule has 0 aromatic heterocycles. The molecule has 0 aliphatic carbocycles. The summed E-state index contributed by atoms with van der Waals surface area (Å²) in [6.45, 7) is 11.2. The molecular weight excluding hydrogens is 252 g/mol. The van der Waals surface area contributed by atoms with E-state index in [4.69, 9.17) is 0 Å². The van der Waals surface area contributed by atoms with Gasteiger partial charge in [-0.05, 0) is 66.3 Å². The van der Waals surface area contributed by atoms with E-state index in [9.17, 15) is 0 Å². The second kappa shape index (κ2) is 6.47. The Balaban J connectivity index is 1.95. The van der Waals surface area contributed by atoms with Gasteiger partial charge in [0.15, 0.2) is 0 Å². The maximum absolute atomic E-state index is 2.30. The zero-order chi connectivity index (χ0) is 15.5. The van der Waals surface area contributed by atoms with E-state index in [1.54, 1.807) is 0 Å². The molecule has 0 amide bonds. The van der Waals surface area contributed by atoms with Crippen LogP contribution in [0.2, 0.25) is 0 Å². The van der Waals surface area contributed by atoms with Gasteiger partial charge in [-0.2, -0.15) is 0 Å². The molecule has 0 nitrogen and oxygen atoms in total. The fourth-order valence-corrected chi connectivity index (χ4v) is 2.88. The molecule has 2 aromatic rings. The highest BCUT2D eigenvalue weighted by atomic mass is 14.2. The third-order valence-corrected chi connectivity index (χ3v) is 4.36. The van der Waals surface area contributed by atoms with Gasteiger partial charge in [-0.15, -0.1) is 0 Å². The first kappa shape index (κ1) is 15.8. The van der Waals surface area contributed by atoms with Crippen molar-refractivity contribution in [3.63, 3.8) is 0 Å². The van der Waals surface area contributed by atoms with Crippen LogP contribution in [0.25, 0.3) is 0 Å². The molecule has 112 valence electrons. The molecule has 0 atom stereocenters. The van der Waals surface area contributed by atoms with Crippen molar-refractivity contribution in [1.82, 2.24) is 0 Å². The minimum absolute atomic E-state index is 0.247. The van der Waals surface area contributed by atoms with Crippen molar-refractivity contribution >= 4 is 0 Å². The Morgan fingerprint density at radius 1 is 0.762 bits per heavy atom. The zero-order valence-corrected chi connectivity index (χ0v) is 14.2. The zero-order valence-electron chi connectivity index (χ0n) is 14.2. The van der Waals surface area contributed by atoms with E-state index in [0.29, 0.717) is 0 Å². The molecule has 0 aliphatic heterocycles. The van der Waals surface area contributed by atoms with Crippen LogP contribution in [0.1, 0.15) is 55.0 Å². The molecule has 0 bridgehead atoms. The summed E-state index contributed by atoms with van der Waals surface area (Å²) in [5.74, 6) is 0. The third-order valence-electron chi connectivity index (χ3n) is 4.36. The predicted molar refractivity (Wildman–Crippen MR) is 93.1 cm³/mol. The van der Waals surface area contributed by atoms with Crippen LogP contribution < -0.4 is 0 Å². The molecular formula is C21H28. The molecule has 2 aromatic carbocycles. The van der Waals surface area contributed by atoms with E-state index in [2.05, 4.69) is 77.1 Å². The van der Waals surface area contributed by atoms with E-state index >= 15 is 0 Å². The molecule has 0 saturated heterocycles. The molecule has 0 saturated carbocycles. The standard InChI is InChI=1S/C21H28/c1-16-8-6-9-17(2)20(16)11-7-10-18-12-14-19(15-13-18)21(3,4)5/h6,8-9,12-15H,7,10-11H2,1-5H3. The van der Waals surface area contributed by atoms with Crippen LogP contribution in [0, 0.1) is 13.8 Å². The van der Waals surface area contributed by atoms with Gasteiger partial charge in [-0.1, -0.05) is 63.2 Å². The Bertz CT molecular complexity index is 562. The summed E-state index contributed by atoms with van der Waals surface area (Å²) in [6, 6.07) is 15.8. The molecule has 0 radical (unpaired) electrons. The quantitative estimate of drug-likeness (QED) is 0.666. The fraction of sp³-hybridized carbons (Fsp3) is 0.429. The summed E-state index contributed by atoms with van der Waals surface area (Å²) in [7, 11) is 0. The second-order valence-electron chi connectivity index (χ2n) is 7.17. The summed E-state index contributed by atoms with van der Waals surface area (Å²) < 4.78 is 0. The van der Waals surface area contributed by atoms with Crippen LogP contribution in [0.5, 0.6) is 0 Å². The van der Waals surface area contributed by atoms with E-state index in [0.717, 1.165) is 6.42 Å². The van der Waals surface area contributed by atoms with Crippen LogP contribution in [0.4, 0.5) is 0 Å². The van der Waals surface area contributed by atoms with Crippen LogP contribution in [0.3, 0.4) is 0 Å². The van der Waals surface area contributed by atoms with Gasteiger partial charge < -0.3 is 0 Å². The fourth-order valence-electron chi connectivity index (χ4n) is 2.88. The summed E-state index contributed by atoms with van der Waals surface area (Å²) in [4.78, 5) is 0. The van der Waals surface area contributed by atoms with E-state index in [1.165, 1.54) is 40.7 Å². The number of benzene rings is 2. The van der Waals surface area contributed by atoms with Crippen molar-refractivity contribution in [1.29, 1.82) is 0 Å². The highest BCUT2D eigenvalue weighted by Crippen LogP contribution is 2.23. The lowest BCUT2D eigenvalue weighted by Gasteiger charge is -2.19. The van der Waals surface area contributed by atoms with Crippen molar-refractivity contribution in [3.05, 3.63) is 70.3 Å². The van der Waals surface area contributed by atoms with Crippen molar-refractivity contribution in [2.75, 3.05) is 0 Å². The molecule has 0 heteroatoms. The average Bonchev–Trinajstić information content (AvgIpc) is 2.42. The second-order valence-corrected chi connectivity index (χ2v) is 7.17. The number of aryl methyl sites for hydroxylation is 3. The largest absolute Gasteiger partial charge is 0.0617 e. The van der Waals surface area contributed by atoms with Crippen LogP contribution in [-0.4, -0.2) is 0 Å². The molecule has 0 N–H and O–H groups in total. The third kappa shape index (κ3) is 4.20. The Hall–Kier alpha value is -1.56. The van der Waals surface area contributed by atoms with Crippen molar-refractivity contribution in [2.24, 2.45) is 0 Å². The normalized spacial score (nSPS) is 11.7. The lowest BCUT2D eigenvalue weighted by atomic mass is 9.86. The van der Waals surface area contributed by atoms with Gasteiger partial charge in [0, 0.05) is 0 Å². The Morgan fingerprint density at radius 3 is 1.86 bits per heavy atom. The number of hydrogen-bond acceptors (Lipinski definition) is 0. The topological polar surface area (TPSA) is 0 Å². The first-order valence-corrected chi connectivity index (χ1v) is 8.02. The number of hydrogen-bond donors (Lipinski definition) is 0. The smallest absolute Gasteiger partial charge is 0.0132 e. The van der Waals surface area contributed by atoms with Gasteiger partial charge >= 0.3 is 0 Å². The van der Waals surface area contributed by atoms with Gasteiger partial charge in [0.05, 0.1) is 0 Å². The van der Waals surface area contributed by atoms with Crippen molar-refractivity contribution in [2.45, 2.75) is 59.3 Å². The maximum atomic E-state index is 2.30. The minimum atomic E-state index is 0.247. The minimum Gasteiger partial charge on any atom is -0.0617 e. The monoisotopic (exact) mass is 280 g/mol. The molecule has 0 aliphatic rings. The van der Waals surface area contributed by atoms with Crippen LogP contribution in [-0.2, 0) is 18.3 Å². The van der Waals surface area contributed by atoms with Gasteiger partial charge in [0.25, 0.3) is 0 Å². The first-order valence-electron chi connectivity index (χ1n) is 8.02. The van der Waals surface area contributed by atoms with Gasteiger partial charge in [-0.25, -0.2) is 0 Å². The molecule has 21 heavy (non-hydrogen) atoms. The summed E-state index contributed by atoms with van der Waals surface area (Å²) in [5.41, 5.74) is 7.51.